The Balaban J connectivity index is 1.79. The number of carbonyl (C=O) groups is 2. The molecule has 1 aliphatic rings. The number of hydrogen-bond acceptors (Lipinski definition) is 4. The van der Waals surface area contributed by atoms with Crippen LogP contribution >= 0.6 is 0 Å². The molecule has 1 aliphatic heterocycles. The van der Waals surface area contributed by atoms with Crippen molar-refractivity contribution < 1.29 is 14.3 Å². The molecule has 0 aliphatic carbocycles. The van der Waals surface area contributed by atoms with Gasteiger partial charge in [0, 0.05) is 36.9 Å². The highest BCUT2D eigenvalue weighted by Gasteiger charge is 2.20. The highest BCUT2D eigenvalue weighted by molar-refractivity contribution is 5.94. The first-order valence-corrected chi connectivity index (χ1v) is 8.59. The molecule has 6 nitrogen and oxygen atoms in total. The number of ether oxygens (including phenoxy) is 1. The van der Waals surface area contributed by atoms with Crippen molar-refractivity contribution in [3.63, 3.8) is 0 Å². The maximum absolute atomic E-state index is 12.2. The van der Waals surface area contributed by atoms with Crippen LogP contribution in [-0.4, -0.2) is 55.7 Å². The van der Waals surface area contributed by atoms with Crippen LogP contribution in [0.25, 0.3) is 0 Å². The Labute approximate surface area is 143 Å². The lowest BCUT2D eigenvalue weighted by Crippen LogP contribution is -2.31. The molecule has 24 heavy (non-hydrogen) atoms. The molecule has 0 unspecified atom stereocenters. The van der Waals surface area contributed by atoms with E-state index in [1.54, 1.807) is 4.90 Å². The molecule has 2 amide bonds. The third kappa shape index (κ3) is 4.63. The van der Waals surface area contributed by atoms with Crippen LogP contribution in [0, 0.1) is 0 Å². The zero-order valence-corrected chi connectivity index (χ0v) is 14.7. The normalized spacial score (nSPS) is 14.0. The van der Waals surface area contributed by atoms with Crippen LogP contribution in [0.5, 0.6) is 0 Å². The molecule has 1 aromatic carbocycles. The number of carbonyl (C=O) groups excluding carboxylic acids is 2. The SMILES string of the molecule is CCN(c1ccc(C(=O)NCCCN2CCOC2=O)cc1)C(C)C. The van der Waals surface area contributed by atoms with Gasteiger partial charge in [-0.1, -0.05) is 0 Å². The predicted octanol–water partition coefficient (Wildman–Crippen LogP) is 2.49. The number of nitrogens with zero attached hydrogens (tertiary/aromatic N) is 2. The lowest BCUT2D eigenvalue weighted by Gasteiger charge is -2.27. The van der Waals surface area contributed by atoms with Crippen molar-refractivity contribution >= 4 is 17.7 Å². The van der Waals surface area contributed by atoms with E-state index in [0.717, 1.165) is 18.7 Å². The van der Waals surface area contributed by atoms with Crippen molar-refractivity contribution in [2.45, 2.75) is 33.2 Å². The van der Waals surface area contributed by atoms with E-state index in [2.05, 4.69) is 31.0 Å². The van der Waals surface area contributed by atoms with E-state index < -0.39 is 0 Å². The average Bonchev–Trinajstić information content (AvgIpc) is 2.97. The minimum Gasteiger partial charge on any atom is -0.448 e. The van der Waals surface area contributed by atoms with Crippen molar-refractivity contribution in [2.24, 2.45) is 0 Å². The molecule has 1 heterocycles. The average molecular weight is 333 g/mol. The fourth-order valence-corrected chi connectivity index (χ4v) is 2.85. The van der Waals surface area contributed by atoms with Crippen LogP contribution < -0.4 is 10.2 Å². The summed E-state index contributed by atoms with van der Waals surface area (Å²) >= 11 is 0. The molecule has 0 saturated carbocycles. The number of hydrogen-bond donors (Lipinski definition) is 1. The van der Waals surface area contributed by atoms with E-state index in [9.17, 15) is 9.59 Å². The van der Waals surface area contributed by atoms with E-state index >= 15 is 0 Å². The van der Waals surface area contributed by atoms with Crippen molar-refractivity contribution in [3.8, 4) is 0 Å². The number of benzene rings is 1. The zero-order chi connectivity index (χ0) is 17.5. The van der Waals surface area contributed by atoms with Crippen LogP contribution in [-0.2, 0) is 4.74 Å². The third-order valence-corrected chi connectivity index (χ3v) is 4.16. The highest BCUT2D eigenvalue weighted by Crippen LogP contribution is 2.17. The molecule has 2 rings (SSSR count). The van der Waals surface area contributed by atoms with Crippen LogP contribution in [0.3, 0.4) is 0 Å². The second kappa shape index (κ2) is 8.57. The summed E-state index contributed by atoms with van der Waals surface area (Å²) in [5.74, 6) is -0.0851. The molecule has 0 bridgehead atoms. The summed E-state index contributed by atoms with van der Waals surface area (Å²) in [5.41, 5.74) is 1.77. The molecule has 0 atom stereocenters. The monoisotopic (exact) mass is 333 g/mol. The number of cyclic esters (lactones) is 1. The zero-order valence-electron chi connectivity index (χ0n) is 14.7. The Morgan fingerprint density at radius 3 is 2.58 bits per heavy atom. The second-order valence-electron chi connectivity index (χ2n) is 6.14. The highest BCUT2D eigenvalue weighted by atomic mass is 16.6. The summed E-state index contributed by atoms with van der Waals surface area (Å²) < 4.78 is 4.87. The number of nitrogens with one attached hydrogen (secondary N) is 1. The quantitative estimate of drug-likeness (QED) is 0.743. The van der Waals surface area contributed by atoms with Gasteiger partial charge in [0.1, 0.15) is 6.61 Å². The van der Waals surface area contributed by atoms with Gasteiger partial charge in [-0.2, -0.15) is 0 Å². The fourth-order valence-electron chi connectivity index (χ4n) is 2.85. The smallest absolute Gasteiger partial charge is 0.409 e. The number of rotatable bonds is 8. The van der Waals surface area contributed by atoms with Gasteiger partial charge < -0.3 is 19.9 Å². The standard InChI is InChI=1S/C18H27N3O3/c1-4-21(14(2)3)16-8-6-15(7-9-16)17(22)19-10-5-11-20-12-13-24-18(20)23/h6-9,14H,4-5,10-13H2,1-3H3,(H,19,22). The minimum atomic E-state index is -0.262. The maximum atomic E-state index is 12.2. The van der Waals surface area contributed by atoms with Crippen molar-refractivity contribution in [1.29, 1.82) is 0 Å². The molecule has 1 saturated heterocycles. The van der Waals surface area contributed by atoms with Crippen LogP contribution in [0.1, 0.15) is 37.6 Å². The van der Waals surface area contributed by atoms with Gasteiger partial charge in [0.25, 0.3) is 5.91 Å². The topological polar surface area (TPSA) is 61.9 Å². The van der Waals surface area contributed by atoms with E-state index in [-0.39, 0.29) is 12.0 Å². The number of amides is 2. The molecule has 6 heteroatoms. The van der Waals surface area contributed by atoms with E-state index in [1.165, 1.54) is 0 Å². The third-order valence-electron chi connectivity index (χ3n) is 4.16. The first-order chi connectivity index (χ1) is 11.5. The summed E-state index contributed by atoms with van der Waals surface area (Å²) in [6.45, 7) is 9.61. The van der Waals surface area contributed by atoms with Crippen LogP contribution in [0.2, 0.25) is 0 Å². The Morgan fingerprint density at radius 1 is 1.33 bits per heavy atom. The minimum absolute atomic E-state index is 0.0851. The molecule has 132 valence electrons. The molecule has 0 aromatic heterocycles. The summed E-state index contributed by atoms with van der Waals surface area (Å²) in [6, 6.07) is 8.10. The van der Waals surface area contributed by atoms with Gasteiger partial charge in [0.15, 0.2) is 0 Å². The van der Waals surface area contributed by atoms with Crippen LogP contribution in [0.4, 0.5) is 10.5 Å². The molecular weight excluding hydrogens is 306 g/mol. The van der Waals surface area contributed by atoms with E-state index in [1.807, 2.05) is 24.3 Å². The fraction of sp³-hybridized carbons (Fsp3) is 0.556. The van der Waals surface area contributed by atoms with Gasteiger partial charge in [0.2, 0.25) is 0 Å². The van der Waals surface area contributed by atoms with Gasteiger partial charge in [-0.15, -0.1) is 0 Å². The van der Waals surface area contributed by atoms with Gasteiger partial charge in [-0.05, 0) is 51.5 Å². The predicted molar refractivity (Wildman–Crippen MR) is 94.5 cm³/mol. The van der Waals surface area contributed by atoms with Gasteiger partial charge in [-0.25, -0.2) is 4.79 Å². The molecule has 1 N–H and O–H groups in total. The van der Waals surface area contributed by atoms with Gasteiger partial charge >= 0.3 is 6.09 Å². The van der Waals surface area contributed by atoms with Gasteiger partial charge in [-0.3, -0.25) is 4.79 Å². The van der Waals surface area contributed by atoms with Crippen molar-refractivity contribution in [2.75, 3.05) is 37.7 Å². The molecular formula is C18H27N3O3. The van der Waals surface area contributed by atoms with Gasteiger partial charge in [0.05, 0.1) is 6.54 Å². The van der Waals surface area contributed by atoms with Crippen LogP contribution in [0.15, 0.2) is 24.3 Å². The summed E-state index contributed by atoms with van der Waals surface area (Å²) in [6.07, 6.45) is 0.457. The Kier molecular flexibility index (Phi) is 6.46. The lowest BCUT2D eigenvalue weighted by atomic mass is 10.1. The summed E-state index contributed by atoms with van der Waals surface area (Å²) in [7, 11) is 0. The largest absolute Gasteiger partial charge is 0.448 e. The number of anilines is 1. The second-order valence-corrected chi connectivity index (χ2v) is 6.14. The maximum Gasteiger partial charge on any atom is 0.409 e. The Bertz CT molecular complexity index is 557. The van der Waals surface area contributed by atoms with E-state index in [4.69, 9.17) is 4.74 Å². The van der Waals surface area contributed by atoms with E-state index in [0.29, 0.717) is 37.8 Å². The molecule has 0 spiro atoms. The Hall–Kier alpha value is -2.24. The molecule has 0 radical (unpaired) electrons. The van der Waals surface area contributed by atoms with Crippen molar-refractivity contribution in [3.05, 3.63) is 29.8 Å². The summed E-state index contributed by atoms with van der Waals surface area (Å²) in [4.78, 5) is 27.4. The first kappa shape index (κ1) is 18.1. The Morgan fingerprint density at radius 2 is 2.04 bits per heavy atom. The first-order valence-electron chi connectivity index (χ1n) is 8.59. The lowest BCUT2D eigenvalue weighted by molar-refractivity contribution is 0.0952. The molecule has 1 fully saturated rings. The van der Waals surface area contributed by atoms with Crippen molar-refractivity contribution in [1.82, 2.24) is 10.2 Å². The molecule has 1 aromatic rings. The summed E-state index contributed by atoms with van der Waals surface area (Å²) in [5, 5.41) is 2.89.